The number of aliphatic hydroxyl groups excluding tert-OH is 1. The Morgan fingerprint density at radius 3 is 2.60 bits per heavy atom. The summed E-state index contributed by atoms with van der Waals surface area (Å²) in [7, 11) is 1.86. The Hall–Kier alpha value is -1.07. The molecule has 1 aliphatic rings. The van der Waals surface area contributed by atoms with Gasteiger partial charge in [0, 0.05) is 12.6 Å². The van der Waals surface area contributed by atoms with Gasteiger partial charge in [-0.3, -0.25) is 4.90 Å². The summed E-state index contributed by atoms with van der Waals surface area (Å²) >= 11 is 0. The van der Waals surface area contributed by atoms with Crippen molar-refractivity contribution < 1.29 is 18.3 Å². The molecule has 2 nitrogen and oxygen atoms in total. The number of alkyl halides is 3. The van der Waals surface area contributed by atoms with Crippen LogP contribution in [0.3, 0.4) is 0 Å². The Morgan fingerprint density at radius 1 is 1.25 bits per heavy atom. The third-order valence-electron chi connectivity index (χ3n) is 3.95. The van der Waals surface area contributed by atoms with Gasteiger partial charge >= 0.3 is 6.18 Å². The first kappa shape index (κ1) is 15.3. The Labute approximate surface area is 117 Å². The molecule has 2 rings (SSSR count). The summed E-state index contributed by atoms with van der Waals surface area (Å²) in [6, 6.07) is 5.44. The predicted molar refractivity (Wildman–Crippen MR) is 71.2 cm³/mol. The average molecular weight is 287 g/mol. The molecule has 0 bridgehead atoms. The predicted octanol–water partition coefficient (Wildman–Crippen LogP) is 3.44. The van der Waals surface area contributed by atoms with E-state index < -0.39 is 11.7 Å². The van der Waals surface area contributed by atoms with Crippen LogP contribution in [-0.2, 0) is 12.7 Å². The molecule has 1 saturated carbocycles. The van der Waals surface area contributed by atoms with Crippen molar-refractivity contribution in [2.45, 2.75) is 50.6 Å². The second-order valence-electron chi connectivity index (χ2n) is 5.53. The van der Waals surface area contributed by atoms with Gasteiger partial charge in [-0.15, -0.1) is 0 Å². The number of benzene rings is 1. The van der Waals surface area contributed by atoms with Crippen LogP contribution in [0.25, 0.3) is 0 Å². The number of likely N-dealkylation sites (N-methyl/N-ethyl adjacent to an activating group) is 1. The molecule has 0 saturated heterocycles. The second-order valence-corrected chi connectivity index (χ2v) is 5.53. The van der Waals surface area contributed by atoms with Crippen molar-refractivity contribution >= 4 is 0 Å². The van der Waals surface area contributed by atoms with Crippen molar-refractivity contribution in [1.82, 2.24) is 4.90 Å². The maximum absolute atomic E-state index is 12.7. The number of rotatable bonds is 3. The van der Waals surface area contributed by atoms with Crippen LogP contribution in [0.5, 0.6) is 0 Å². The SMILES string of the molecule is CN(Cc1cccc(C(F)(F)F)c1)C1CCCCC1O. The van der Waals surface area contributed by atoms with Crippen molar-refractivity contribution in [3.63, 3.8) is 0 Å². The van der Waals surface area contributed by atoms with Crippen LogP contribution < -0.4 is 0 Å². The van der Waals surface area contributed by atoms with Crippen molar-refractivity contribution in [2.24, 2.45) is 0 Å². The van der Waals surface area contributed by atoms with E-state index in [9.17, 15) is 18.3 Å². The molecule has 1 aromatic rings. The molecule has 112 valence electrons. The van der Waals surface area contributed by atoms with Gasteiger partial charge in [0.05, 0.1) is 11.7 Å². The summed E-state index contributed by atoms with van der Waals surface area (Å²) in [6.07, 6.45) is -0.920. The number of hydrogen-bond acceptors (Lipinski definition) is 2. The van der Waals surface area contributed by atoms with Gasteiger partial charge < -0.3 is 5.11 Å². The molecule has 2 atom stereocenters. The molecule has 5 heteroatoms. The van der Waals surface area contributed by atoms with Crippen molar-refractivity contribution in [1.29, 1.82) is 0 Å². The normalized spacial score (nSPS) is 24.1. The van der Waals surface area contributed by atoms with E-state index in [0.29, 0.717) is 12.1 Å². The molecule has 0 aromatic heterocycles. The highest BCUT2D eigenvalue weighted by molar-refractivity contribution is 5.25. The van der Waals surface area contributed by atoms with Gasteiger partial charge in [-0.05, 0) is 31.5 Å². The molecule has 0 radical (unpaired) electrons. The van der Waals surface area contributed by atoms with Gasteiger partial charge in [-0.25, -0.2) is 0 Å². The second kappa shape index (κ2) is 6.14. The summed E-state index contributed by atoms with van der Waals surface area (Å²) in [5, 5.41) is 9.98. The lowest BCUT2D eigenvalue weighted by Crippen LogP contribution is -2.42. The summed E-state index contributed by atoms with van der Waals surface area (Å²) in [4.78, 5) is 1.96. The lowest BCUT2D eigenvalue weighted by molar-refractivity contribution is -0.137. The molecular formula is C15H20F3NO. The molecule has 0 spiro atoms. The summed E-state index contributed by atoms with van der Waals surface area (Å²) < 4.78 is 38.0. The fourth-order valence-electron chi connectivity index (χ4n) is 2.86. The Kier molecular flexibility index (Phi) is 4.70. The van der Waals surface area contributed by atoms with Crippen LogP contribution in [0.15, 0.2) is 24.3 Å². The number of aliphatic hydroxyl groups is 1. The molecule has 1 aliphatic carbocycles. The fourth-order valence-corrected chi connectivity index (χ4v) is 2.86. The van der Waals surface area contributed by atoms with Crippen LogP contribution >= 0.6 is 0 Å². The summed E-state index contributed by atoms with van der Waals surface area (Å²) in [5.41, 5.74) is 0.00712. The Morgan fingerprint density at radius 2 is 1.95 bits per heavy atom. The van der Waals surface area contributed by atoms with Crippen molar-refractivity contribution in [2.75, 3.05) is 7.05 Å². The smallest absolute Gasteiger partial charge is 0.391 e. The third-order valence-corrected chi connectivity index (χ3v) is 3.95. The highest BCUT2D eigenvalue weighted by atomic mass is 19.4. The highest BCUT2D eigenvalue weighted by Crippen LogP contribution is 2.30. The molecule has 0 heterocycles. The topological polar surface area (TPSA) is 23.5 Å². The monoisotopic (exact) mass is 287 g/mol. The van der Waals surface area contributed by atoms with Crippen molar-refractivity contribution in [3.8, 4) is 0 Å². The lowest BCUT2D eigenvalue weighted by Gasteiger charge is -2.35. The van der Waals surface area contributed by atoms with E-state index in [-0.39, 0.29) is 12.1 Å². The van der Waals surface area contributed by atoms with Gasteiger partial charge in [0.15, 0.2) is 0 Å². The Balaban J connectivity index is 2.05. The summed E-state index contributed by atoms with van der Waals surface area (Å²) in [6.45, 7) is 0.422. The van der Waals surface area contributed by atoms with E-state index in [4.69, 9.17) is 0 Å². The molecular weight excluding hydrogens is 267 g/mol. The molecule has 20 heavy (non-hydrogen) atoms. The van der Waals surface area contributed by atoms with E-state index in [2.05, 4.69) is 0 Å². The quantitative estimate of drug-likeness (QED) is 0.920. The van der Waals surface area contributed by atoms with Gasteiger partial charge in [-0.2, -0.15) is 13.2 Å². The van der Waals surface area contributed by atoms with Gasteiger partial charge in [0.25, 0.3) is 0 Å². The van der Waals surface area contributed by atoms with E-state index in [0.717, 1.165) is 31.7 Å². The van der Waals surface area contributed by atoms with Crippen LogP contribution in [0.2, 0.25) is 0 Å². The first-order chi connectivity index (χ1) is 9.38. The molecule has 2 unspecified atom stereocenters. The standard InChI is InChI=1S/C15H20F3NO/c1-19(13-7-2-3-8-14(13)20)10-11-5-4-6-12(9-11)15(16,17)18/h4-6,9,13-14,20H,2-3,7-8,10H2,1H3. The molecule has 1 fully saturated rings. The third kappa shape index (κ3) is 3.73. The molecule has 1 aromatic carbocycles. The van der Waals surface area contributed by atoms with E-state index in [1.54, 1.807) is 6.07 Å². The van der Waals surface area contributed by atoms with Crippen LogP contribution in [0.1, 0.15) is 36.8 Å². The van der Waals surface area contributed by atoms with Crippen LogP contribution in [0, 0.1) is 0 Å². The Bertz CT molecular complexity index is 447. The molecule has 0 amide bonds. The number of nitrogens with zero attached hydrogens (tertiary/aromatic N) is 1. The van der Waals surface area contributed by atoms with Gasteiger partial charge in [-0.1, -0.05) is 31.0 Å². The minimum atomic E-state index is -4.31. The average Bonchev–Trinajstić information content (AvgIpc) is 2.38. The van der Waals surface area contributed by atoms with Crippen LogP contribution in [0.4, 0.5) is 13.2 Å². The summed E-state index contributed by atoms with van der Waals surface area (Å²) in [5.74, 6) is 0. The maximum Gasteiger partial charge on any atom is 0.416 e. The number of halogens is 3. The van der Waals surface area contributed by atoms with E-state index in [1.807, 2.05) is 11.9 Å². The molecule has 1 N–H and O–H groups in total. The van der Waals surface area contributed by atoms with Crippen LogP contribution in [-0.4, -0.2) is 29.2 Å². The zero-order valence-corrected chi connectivity index (χ0v) is 11.5. The van der Waals surface area contributed by atoms with E-state index in [1.165, 1.54) is 12.1 Å². The van der Waals surface area contributed by atoms with Gasteiger partial charge in [0.1, 0.15) is 0 Å². The lowest BCUT2D eigenvalue weighted by atomic mass is 9.91. The first-order valence-corrected chi connectivity index (χ1v) is 6.92. The van der Waals surface area contributed by atoms with E-state index >= 15 is 0 Å². The zero-order valence-electron chi connectivity index (χ0n) is 11.5. The molecule has 0 aliphatic heterocycles. The minimum absolute atomic E-state index is 0.0401. The fraction of sp³-hybridized carbons (Fsp3) is 0.600. The zero-order chi connectivity index (χ0) is 14.8. The minimum Gasteiger partial charge on any atom is -0.391 e. The maximum atomic E-state index is 12.7. The van der Waals surface area contributed by atoms with Crippen molar-refractivity contribution in [3.05, 3.63) is 35.4 Å². The largest absolute Gasteiger partial charge is 0.416 e. The highest BCUT2D eigenvalue weighted by Gasteiger charge is 2.31. The number of hydrogen-bond donors (Lipinski definition) is 1. The van der Waals surface area contributed by atoms with Gasteiger partial charge in [0.2, 0.25) is 0 Å². The first-order valence-electron chi connectivity index (χ1n) is 6.92.